The average molecular weight is 113 g/mol. The van der Waals surface area contributed by atoms with Crippen LogP contribution in [-0.2, 0) is 0 Å². The van der Waals surface area contributed by atoms with Crippen LogP contribution in [0.3, 0.4) is 0 Å². The fourth-order valence-corrected chi connectivity index (χ4v) is 0.952. The molecule has 1 rings (SSSR count). The first-order chi connectivity index (χ1) is 4.30. The molecule has 0 bridgehead atoms. The summed E-state index contributed by atoms with van der Waals surface area (Å²) in [6, 6.07) is 0. The molecular formula is C7H12O. The van der Waals surface area contributed by atoms with Gasteiger partial charge in [-0.3, -0.25) is 0 Å². The second kappa shape index (κ2) is 2.88. The molecule has 0 amide bonds. The zero-order chi connectivity index (χ0) is 6.69. The Balaban J connectivity index is 2.35. The molecule has 8 heavy (non-hydrogen) atoms. The molecular weight excluding hydrogens is 100 g/mol. The Morgan fingerprint density at radius 1 is 1.75 bits per heavy atom. The number of aliphatic hydroxyl groups is 1. The second-order valence-corrected chi connectivity index (χ2v) is 2.19. The molecule has 0 aromatic carbocycles. The van der Waals surface area contributed by atoms with E-state index >= 15 is 0 Å². The molecule has 46 valence electrons. The summed E-state index contributed by atoms with van der Waals surface area (Å²) in [5.74, 6) is 0.190. The lowest BCUT2D eigenvalue weighted by atomic mass is 9.96. The summed E-state index contributed by atoms with van der Waals surface area (Å²) >= 11 is 0. The van der Waals surface area contributed by atoms with Gasteiger partial charge in [-0.2, -0.15) is 0 Å². The van der Waals surface area contributed by atoms with Crippen LogP contribution in [0.5, 0.6) is 0 Å². The van der Waals surface area contributed by atoms with Gasteiger partial charge in [0.05, 0.1) is 1.37 Å². The van der Waals surface area contributed by atoms with Gasteiger partial charge >= 0.3 is 0 Å². The van der Waals surface area contributed by atoms with Crippen LogP contribution in [0.1, 0.15) is 20.6 Å². The smallest absolute Gasteiger partial charge is 0.0567 e. The first-order valence-corrected chi connectivity index (χ1v) is 3.06. The first kappa shape index (κ1) is 4.57. The summed E-state index contributed by atoms with van der Waals surface area (Å²) in [7, 11) is 0. The van der Waals surface area contributed by atoms with E-state index in [1.165, 1.54) is 0 Å². The standard InChI is InChI=1S/C7H12O/c8-6-7-4-2-1-3-5-7/h1-2,7-8H,3-6H2/i6D/t6-,7?/m0/s1. The molecule has 1 N–H and O–H groups in total. The molecule has 1 aliphatic rings. The number of aliphatic hydroxyl groups excluding tert-OH is 1. The van der Waals surface area contributed by atoms with Crippen molar-refractivity contribution in [3.63, 3.8) is 0 Å². The molecule has 1 nitrogen and oxygen atoms in total. The van der Waals surface area contributed by atoms with Crippen LogP contribution in [0.4, 0.5) is 0 Å². The Morgan fingerprint density at radius 3 is 3.00 bits per heavy atom. The minimum Gasteiger partial charge on any atom is -0.396 e. The summed E-state index contributed by atoms with van der Waals surface area (Å²) in [5.41, 5.74) is 0. The molecule has 0 heterocycles. The summed E-state index contributed by atoms with van der Waals surface area (Å²) in [6.45, 7) is -0.866. The van der Waals surface area contributed by atoms with E-state index in [4.69, 9.17) is 6.48 Å². The van der Waals surface area contributed by atoms with Crippen molar-refractivity contribution in [2.45, 2.75) is 19.3 Å². The van der Waals surface area contributed by atoms with Gasteiger partial charge in [0.2, 0.25) is 0 Å². The lowest BCUT2D eigenvalue weighted by molar-refractivity contribution is 0.217. The van der Waals surface area contributed by atoms with Crippen molar-refractivity contribution < 1.29 is 6.48 Å². The monoisotopic (exact) mass is 113 g/mol. The van der Waals surface area contributed by atoms with Crippen LogP contribution < -0.4 is 0 Å². The van der Waals surface area contributed by atoms with Gasteiger partial charge in [-0.15, -0.1) is 0 Å². The molecule has 1 unspecified atom stereocenters. The van der Waals surface area contributed by atoms with Crippen molar-refractivity contribution in [3.05, 3.63) is 12.2 Å². The summed E-state index contributed by atoms with van der Waals surface area (Å²) < 4.78 is 6.99. The molecule has 0 aliphatic heterocycles. The van der Waals surface area contributed by atoms with E-state index in [0.29, 0.717) is 0 Å². The van der Waals surface area contributed by atoms with Crippen LogP contribution >= 0.6 is 0 Å². The number of hydrogen-bond donors (Lipinski definition) is 1. The van der Waals surface area contributed by atoms with Crippen molar-refractivity contribution in [1.82, 2.24) is 0 Å². The lowest BCUT2D eigenvalue weighted by Gasteiger charge is -2.13. The predicted octanol–water partition coefficient (Wildman–Crippen LogP) is 1.33. The quantitative estimate of drug-likeness (QED) is 0.509. The third-order valence-electron chi connectivity index (χ3n) is 1.52. The Hall–Kier alpha value is -0.300. The molecule has 1 heteroatoms. The summed E-state index contributed by atoms with van der Waals surface area (Å²) in [5, 5.41) is 8.81. The van der Waals surface area contributed by atoms with Gasteiger partial charge in [-0.05, 0) is 25.2 Å². The van der Waals surface area contributed by atoms with E-state index < -0.39 is 6.58 Å². The normalized spacial score (nSPS) is 34.1. The van der Waals surface area contributed by atoms with E-state index in [9.17, 15) is 0 Å². The highest BCUT2D eigenvalue weighted by atomic mass is 16.3. The van der Waals surface area contributed by atoms with Gasteiger partial charge < -0.3 is 5.11 Å². The van der Waals surface area contributed by atoms with Crippen LogP contribution in [0.25, 0.3) is 0 Å². The highest BCUT2D eigenvalue weighted by Crippen LogP contribution is 2.16. The fraction of sp³-hybridized carbons (Fsp3) is 0.714. The van der Waals surface area contributed by atoms with Crippen molar-refractivity contribution >= 4 is 0 Å². The van der Waals surface area contributed by atoms with Gasteiger partial charge in [0.1, 0.15) is 0 Å². The minimum atomic E-state index is -0.866. The molecule has 0 fully saturated rings. The maximum atomic E-state index is 8.81. The first-order valence-electron chi connectivity index (χ1n) is 3.64. The molecule has 0 aromatic rings. The van der Waals surface area contributed by atoms with Crippen molar-refractivity contribution in [2.24, 2.45) is 5.92 Å². The molecule has 2 atom stereocenters. The summed E-state index contributed by atoms with van der Waals surface area (Å²) in [4.78, 5) is 0. The van der Waals surface area contributed by atoms with E-state index in [1.807, 2.05) is 6.08 Å². The third-order valence-corrected chi connectivity index (χ3v) is 1.52. The van der Waals surface area contributed by atoms with Gasteiger partial charge in [0.15, 0.2) is 0 Å². The van der Waals surface area contributed by atoms with Crippen LogP contribution in [0, 0.1) is 5.92 Å². The Morgan fingerprint density at radius 2 is 2.62 bits per heavy atom. The maximum absolute atomic E-state index is 8.81. The topological polar surface area (TPSA) is 20.2 Å². The Kier molecular flexibility index (Phi) is 1.64. The molecule has 0 aromatic heterocycles. The van der Waals surface area contributed by atoms with Crippen molar-refractivity contribution in [3.8, 4) is 0 Å². The average Bonchev–Trinajstić information content (AvgIpc) is 1.90. The second-order valence-electron chi connectivity index (χ2n) is 2.19. The zero-order valence-corrected chi connectivity index (χ0v) is 4.88. The van der Waals surface area contributed by atoms with Gasteiger partial charge in [0.25, 0.3) is 0 Å². The van der Waals surface area contributed by atoms with E-state index in [1.54, 1.807) is 0 Å². The number of hydrogen-bond acceptors (Lipinski definition) is 1. The van der Waals surface area contributed by atoms with Gasteiger partial charge in [-0.1, -0.05) is 12.2 Å². The Bertz CT molecular complexity index is 109. The maximum Gasteiger partial charge on any atom is 0.0567 e. The molecule has 0 saturated heterocycles. The number of allylic oxidation sites excluding steroid dienone is 2. The highest BCUT2D eigenvalue weighted by molar-refractivity contribution is 4.89. The largest absolute Gasteiger partial charge is 0.396 e. The minimum absolute atomic E-state index is 0.190. The molecule has 0 radical (unpaired) electrons. The predicted molar refractivity (Wildman–Crippen MR) is 33.6 cm³/mol. The third kappa shape index (κ3) is 1.34. The molecule has 1 aliphatic carbocycles. The number of rotatable bonds is 1. The van der Waals surface area contributed by atoms with Crippen molar-refractivity contribution in [2.75, 3.05) is 6.58 Å². The van der Waals surface area contributed by atoms with Crippen LogP contribution in [-0.4, -0.2) is 11.7 Å². The van der Waals surface area contributed by atoms with E-state index in [0.717, 1.165) is 19.3 Å². The fourth-order valence-electron chi connectivity index (χ4n) is 0.952. The molecule has 0 saturated carbocycles. The molecule has 0 spiro atoms. The van der Waals surface area contributed by atoms with E-state index in [-0.39, 0.29) is 5.92 Å². The van der Waals surface area contributed by atoms with Crippen molar-refractivity contribution in [1.29, 1.82) is 0 Å². The van der Waals surface area contributed by atoms with Gasteiger partial charge in [0, 0.05) is 6.58 Å². The van der Waals surface area contributed by atoms with Gasteiger partial charge in [-0.25, -0.2) is 0 Å². The highest BCUT2D eigenvalue weighted by Gasteiger charge is 2.06. The lowest BCUT2D eigenvalue weighted by Crippen LogP contribution is -2.06. The van der Waals surface area contributed by atoms with Crippen LogP contribution in [0.2, 0.25) is 0 Å². The Labute approximate surface area is 51.4 Å². The summed E-state index contributed by atoms with van der Waals surface area (Å²) in [6.07, 6.45) is 7.04. The zero-order valence-electron chi connectivity index (χ0n) is 5.88. The van der Waals surface area contributed by atoms with Crippen LogP contribution in [0.15, 0.2) is 12.2 Å². The SMILES string of the molecule is [2H][C@H](O)C1CC=CCC1. The van der Waals surface area contributed by atoms with E-state index in [2.05, 4.69) is 6.08 Å².